The van der Waals surface area contributed by atoms with Gasteiger partial charge < -0.3 is 20.3 Å². The molecule has 0 aliphatic rings. The van der Waals surface area contributed by atoms with Crippen LogP contribution in [0.25, 0.3) is 0 Å². The first-order valence-electron chi connectivity index (χ1n) is 12.7. The number of aryl methyl sites for hydroxylation is 2. The van der Waals surface area contributed by atoms with Crippen LogP contribution >= 0.6 is 12.6 Å². The van der Waals surface area contributed by atoms with E-state index in [1.165, 1.54) is 0 Å². The molecule has 0 heterocycles. The van der Waals surface area contributed by atoms with Gasteiger partial charge in [0.2, 0.25) is 11.8 Å². The predicted molar refractivity (Wildman–Crippen MR) is 145 cm³/mol. The van der Waals surface area contributed by atoms with Crippen molar-refractivity contribution in [3.63, 3.8) is 0 Å². The minimum atomic E-state index is -0.925. The molecule has 1 rings (SSSR count). The summed E-state index contributed by atoms with van der Waals surface area (Å²) in [7, 11) is 0. The zero-order valence-corrected chi connectivity index (χ0v) is 23.5. The minimum absolute atomic E-state index is 0.0827. The van der Waals surface area contributed by atoms with Crippen LogP contribution in [-0.2, 0) is 14.3 Å². The molecule has 0 bridgehead atoms. The van der Waals surface area contributed by atoms with Gasteiger partial charge in [-0.05, 0) is 58.6 Å². The molecule has 0 aromatic heterocycles. The van der Waals surface area contributed by atoms with Crippen LogP contribution in [-0.4, -0.2) is 53.3 Å². The number of thiol groups is 1. The monoisotopic (exact) mass is 507 g/mol. The van der Waals surface area contributed by atoms with Crippen LogP contribution in [0.15, 0.2) is 18.2 Å². The molecule has 0 radical (unpaired) electrons. The number of carbonyl (C=O) groups excluding carboxylic acids is 3. The molecule has 1 aromatic rings. The van der Waals surface area contributed by atoms with Crippen molar-refractivity contribution in [2.24, 2.45) is 0 Å². The van der Waals surface area contributed by atoms with Gasteiger partial charge in [0, 0.05) is 18.8 Å². The molecule has 0 aliphatic heterocycles. The van der Waals surface area contributed by atoms with E-state index in [-0.39, 0.29) is 17.6 Å². The topological polar surface area (TPSA) is 87.7 Å². The molecule has 7 nitrogen and oxygen atoms in total. The Bertz CT molecular complexity index is 838. The molecule has 0 fully saturated rings. The fourth-order valence-corrected chi connectivity index (χ4v) is 3.97. The van der Waals surface area contributed by atoms with Crippen molar-refractivity contribution < 1.29 is 19.1 Å². The van der Waals surface area contributed by atoms with Crippen molar-refractivity contribution in [1.82, 2.24) is 15.5 Å². The zero-order valence-electron chi connectivity index (χ0n) is 22.6. The first-order valence-corrected chi connectivity index (χ1v) is 13.3. The van der Waals surface area contributed by atoms with Gasteiger partial charge in [0.15, 0.2) is 0 Å². The third-order valence-electron chi connectivity index (χ3n) is 5.58. The first-order chi connectivity index (χ1) is 16.4. The van der Waals surface area contributed by atoms with E-state index in [0.29, 0.717) is 13.1 Å². The van der Waals surface area contributed by atoms with Gasteiger partial charge in [0.25, 0.3) is 0 Å². The molecule has 2 atom stereocenters. The highest BCUT2D eigenvalue weighted by molar-refractivity contribution is 7.80. The highest BCUT2D eigenvalue weighted by Gasteiger charge is 2.36. The Labute approximate surface area is 217 Å². The van der Waals surface area contributed by atoms with Crippen molar-refractivity contribution >= 4 is 30.5 Å². The summed E-state index contributed by atoms with van der Waals surface area (Å²) in [5.41, 5.74) is 2.03. The van der Waals surface area contributed by atoms with Gasteiger partial charge in [-0.25, -0.2) is 4.79 Å². The van der Waals surface area contributed by atoms with Crippen LogP contribution in [0.3, 0.4) is 0 Å². The molecule has 1 aromatic carbocycles. The van der Waals surface area contributed by atoms with Crippen LogP contribution in [0.1, 0.15) is 89.5 Å². The highest BCUT2D eigenvalue weighted by Crippen LogP contribution is 2.27. The van der Waals surface area contributed by atoms with Crippen molar-refractivity contribution in [1.29, 1.82) is 0 Å². The molecular weight excluding hydrogens is 462 g/mol. The normalized spacial score (nSPS) is 13.0. The largest absolute Gasteiger partial charge is 0.444 e. The molecule has 35 heavy (non-hydrogen) atoms. The summed E-state index contributed by atoms with van der Waals surface area (Å²) in [6.45, 7) is 14.3. The lowest BCUT2D eigenvalue weighted by atomic mass is 9.96. The van der Waals surface area contributed by atoms with Gasteiger partial charge in [-0.3, -0.25) is 9.59 Å². The number of benzene rings is 1. The van der Waals surface area contributed by atoms with E-state index in [9.17, 15) is 14.4 Å². The van der Waals surface area contributed by atoms with E-state index in [1.807, 2.05) is 32.0 Å². The molecule has 0 spiro atoms. The molecule has 3 amide bonds. The SMILES string of the molecule is CCCCCN(C(=O)C(CS)NC(=O)OC(C)(C)C)C(C(=O)NCCCC)c1cc(C)ccc1C. The van der Waals surface area contributed by atoms with Crippen LogP contribution in [0, 0.1) is 13.8 Å². The number of ether oxygens (including phenoxy) is 1. The number of alkyl carbamates (subject to hydrolysis) is 1. The lowest BCUT2D eigenvalue weighted by Crippen LogP contribution is -2.54. The summed E-state index contributed by atoms with van der Waals surface area (Å²) >= 11 is 4.34. The molecule has 2 N–H and O–H groups in total. The maximum absolute atomic E-state index is 13.8. The third-order valence-corrected chi connectivity index (χ3v) is 5.94. The molecular formula is C27H45N3O4S. The Balaban J connectivity index is 3.42. The number of nitrogens with one attached hydrogen (secondary N) is 2. The first kappa shape index (κ1) is 30.8. The van der Waals surface area contributed by atoms with E-state index < -0.39 is 23.8 Å². The molecule has 0 aliphatic carbocycles. The Morgan fingerprint density at radius 3 is 2.29 bits per heavy atom. The Hall–Kier alpha value is -2.22. The summed E-state index contributed by atoms with van der Waals surface area (Å²) in [4.78, 5) is 41.4. The number of carbonyl (C=O) groups is 3. The Kier molecular flexibility index (Phi) is 13.2. The quantitative estimate of drug-likeness (QED) is 0.256. The highest BCUT2D eigenvalue weighted by atomic mass is 32.1. The molecule has 198 valence electrons. The lowest BCUT2D eigenvalue weighted by molar-refractivity contribution is -0.142. The van der Waals surface area contributed by atoms with E-state index in [1.54, 1.807) is 25.7 Å². The average Bonchev–Trinajstić information content (AvgIpc) is 2.77. The number of nitrogens with zero attached hydrogens (tertiary/aromatic N) is 1. The van der Waals surface area contributed by atoms with E-state index in [2.05, 4.69) is 37.1 Å². The Morgan fingerprint density at radius 1 is 1.06 bits per heavy atom. The number of hydrogen-bond donors (Lipinski definition) is 3. The average molecular weight is 508 g/mol. The van der Waals surface area contributed by atoms with Gasteiger partial charge in [-0.2, -0.15) is 12.6 Å². The van der Waals surface area contributed by atoms with E-state index in [0.717, 1.165) is 48.8 Å². The van der Waals surface area contributed by atoms with Crippen LogP contribution in [0.2, 0.25) is 0 Å². The lowest BCUT2D eigenvalue weighted by Gasteiger charge is -2.35. The third kappa shape index (κ3) is 10.5. The van der Waals surface area contributed by atoms with Crippen LogP contribution in [0.5, 0.6) is 0 Å². The maximum atomic E-state index is 13.8. The van der Waals surface area contributed by atoms with Gasteiger partial charge >= 0.3 is 6.09 Å². The standard InChI is InChI=1S/C27H45N3O4S/c1-8-10-12-16-30(25(32)22(18-35)29-26(33)34-27(5,6)7)23(24(31)28-15-11-9-2)21-17-19(3)13-14-20(21)4/h13-14,17,22-23,35H,8-12,15-16,18H2,1-7H3,(H,28,31)(H,29,33). The zero-order chi connectivity index (χ0) is 26.6. The Morgan fingerprint density at radius 2 is 1.71 bits per heavy atom. The van der Waals surface area contributed by atoms with Gasteiger partial charge in [-0.15, -0.1) is 0 Å². The number of amides is 3. The summed E-state index contributed by atoms with van der Waals surface area (Å²) in [5.74, 6) is -0.482. The van der Waals surface area contributed by atoms with Crippen molar-refractivity contribution in [3.8, 4) is 0 Å². The van der Waals surface area contributed by atoms with Gasteiger partial charge in [0.1, 0.15) is 17.7 Å². The smallest absolute Gasteiger partial charge is 0.408 e. The molecule has 2 unspecified atom stereocenters. The fourth-order valence-electron chi connectivity index (χ4n) is 3.72. The van der Waals surface area contributed by atoms with Gasteiger partial charge in [0.05, 0.1) is 0 Å². The van der Waals surface area contributed by atoms with Crippen molar-refractivity contribution in [2.45, 2.75) is 98.3 Å². The van der Waals surface area contributed by atoms with Crippen molar-refractivity contribution in [2.75, 3.05) is 18.8 Å². The minimum Gasteiger partial charge on any atom is -0.444 e. The van der Waals surface area contributed by atoms with E-state index >= 15 is 0 Å². The molecule has 8 heteroatoms. The van der Waals surface area contributed by atoms with Crippen LogP contribution in [0.4, 0.5) is 4.79 Å². The van der Waals surface area contributed by atoms with Crippen molar-refractivity contribution in [3.05, 3.63) is 34.9 Å². The molecule has 0 saturated carbocycles. The van der Waals surface area contributed by atoms with E-state index in [4.69, 9.17) is 4.74 Å². The van der Waals surface area contributed by atoms with Crippen LogP contribution < -0.4 is 10.6 Å². The second kappa shape index (κ2) is 15.0. The number of hydrogen-bond acceptors (Lipinski definition) is 5. The summed E-state index contributed by atoms with van der Waals surface area (Å²) in [5, 5.41) is 5.68. The summed E-state index contributed by atoms with van der Waals surface area (Å²) in [6.07, 6.45) is 3.77. The number of unbranched alkanes of at least 4 members (excludes halogenated alkanes) is 3. The fraction of sp³-hybridized carbons (Fsp3) is 0.667. The van der Waals surface area contributed by atoms with Gasteiger partial charge in [-0.1, -0.05) is 56.9 Å². The summed E-state index contributed by atoms with van der Waals surface area (Å²) in [6, 6.07) is 4.20. The maximum Gasteiger partial charge on any atom is 0.408 e. The second-order valence-corrected chi connectivity index (χ2v) is 10.4. The summed E-state index contributed by atoms with van der Waals surface area (Å²) < 4.78 is 5.36. The molecule has 0 saturated heterocycles. The predicted octanol–water partition coefficient (Wildman–Crippen LogP) is 5.10. The second-order valence-electron chi connectivity index (χ2n) is 10.0. The number of rotatable bonds is 13.